The third-order valence-corrected chi connectivity index (χ3v) is 4.88. The molecule has 3 rings (SSSR count). The number of nitrogens with zero attached hydrogens (tertiary/aromatic N) is 1. The number of carbonyl (C=O) groups excluding carboxylic acids is 1. The highest BCUT2D eigenvalue weighted by molar-refractivity contribution is 9.10. The number of nitriles is 1. The molecule has 0 fully saturated rings. The Morgan fingerprint density at radius 1 is 1.00 bits per heavy atom. The smallest absolute Gasteiger partial charge is 0.354 e. The lowest BCUT2D eigenvalue weighted by Crippen LogP contribution is -2.10. The van der Waals surface area contributed by atoms with E-state index in [-0.39, 0.29) is 5.57 Å². The molecule has 0 aliphatic heterocycles. The van der Waals surface area contributed by atoms with E-state index in [1.54, 1.807) is 18.2 Å². The molecule has 0 aliphatic carbocycles. The second-order valence-corrected chi connectivity index (χ2v) is 7.31. The van der Waals surface area contributed by atoms with Gasteiger partial charge in [-0.15, -0.1) is 0 Å². The number of carbonyl (C=O) groups is 1. The predicted octanol–water partition coefficient (Wildman–Crippen LogP) is 6.42. The van der Waals surface area contributed by atoms with Gasteiger partial charge in [-0.1, -0.05) is 61.5 Å². The van der Waals surface area contributed by atoms with Crippen LogP contribution in [0.5, 0.6) is 11.5 Å². The molecule has 0 atom stereocenters. The molecule has 5 heteroatoms. The van der Waals surface area contributed by atoms with Crippen LogP contribution in [0, 0.1) is 11.3 Å². The molecule has 0 saturated carbocycles. The van der Waals surface area contributed by atoms with Gasteiger partial charge >= 0.3 is 5.97 Å². The van der Waals surface area contributed by atoms with Gasteiger partial charge in [0, 0.05) is 5.56 Å². The van der Waals surface area contributed by atoms with Crippen molar-refractivity contribution in [2.24, 2.45) is 0 Å². The zero-order valence-electron chi connectivity index (χ0n) is 16.5. The first kappa shape index (κ1) is 21.4. The van der Waals surface area contributed by atoms with Crippen LogP contribution in [0.15, 0.2) is 82.8 Å². The van der Waals surface area contributed by atoms with E-state index in [0.29, 0.717) is 28.1 Å². The molecule has 0 bridgehead atoms. The van der Waals surface area contributed by atoms with Crippen LogP contribution in [0.2, 0.25) is 0 Å². The van der Waals surface area contributed by atoms with E-state index in [1.807, 2.05) is 67.6 Å². The van der Waals surface area contributed by atoms with Crippen LogP contribution >= 0.6 is 15.9 Å². The second-order valence-electron chi connectivity index (χ2n) is 6.46. The molecule has 30 heavy (non-hydrogen) atoms. The zero-order valence-corrected chi connectivity index (χ0v) is 18.1. The molecule has 0 heterocycles. The Hall–Kier alpha value is -3.36. The van der Waals surface area contributed by atoms with Gasteiger partial charge in [0.25, 0.3) is 0 Å². The minimum atomic E-state index is -0.726. The van der Waals surface area contributed by atoms with E-state index in [1.165, 1.54) is 6.08 Å². The van der Waals surface area contributed by atoms with E-state index in [9.17, 15) is 10.1 Å². The first-order valence-corrected chi connectivity index (χ1v) is 10.3. The SMILES string of the molecule is CCCOc1ccccc1/C=C(\C#N)C(=O)Oc1ccc(-c2ccccc2)cc1Br. The first-order valence-electron chi connectivity index (χ1n) is 9.53. The maximum atomic E-state index is 12.6. The molecular formula is C25H20BrNO3. The topological polar surface area (TPSA) is 59.3 Å². The number of halogens is 1. The van der Waals surface area contributed by atoms with Gasteiger partial charge in [0.2, 0.25) is 0 Å². The third-order valence-electron chi connectivity index (χ3n) is 4.26. The fraction of sp³-hybridized carbons (Fsp3) is 0.120. The Kier molecular flexibility index (Phi) is 7.42. The minimum absolute atomic E-state index is 0.110. The van der Waals surface area contributed by atoms with Gasteiger partial charge in [-0.25, -0.2) is 4.79 Å². The Morgan fingerprint density at radius 3 is 2.43 bits per heavy atom. The molecule has 0 aliphatic rings. The van der Waals surface area contributed by atoms with E-state index in [4.69, 9.17) is 9.47 Å². The average molecular weight is 462 g/mol. The van der Waals surface area contributed by atoms with Gasteiger partial charge in [0.1, 0.15) is 23.1 Å². The number of para-hydroxylation sites is 1. The summed E-state index contributed by atoms with van der Waals surface area (Å²) >= 11 is 3.45. The summed E-state index contributed by atoms with van der Waals surface area (Å²) in [4.78, 5) is 12.6. The molecule has 0 N–H and O–H groups in total. The number of hydrogen-bond acceptors (Lipinski definition) is 4. The fourth-order valence-electron chi connectivity index (χ4n) is 2.78. The van der Waals surface area contributed by atoms with Crippen LogP contribution in [0.25, 0.3) is 17.2 Å². The van der Waals surface area contributed by atoms with Gasteiger partial charge in [0.05, 0.1) is 11.1 Å². The molecule has 0 aromatic heterocycles. The van der Waals surface area contributed by atoms with E-state index in [0.717, 1.165) is 17.5 Å². The van der Waals surface area contributed by atoms with E-state index in [2.05, 4.69) is 15.9 Å². The summed E-state index contributed by atoms with van der Waals surface area (Å²) in [5.41, 5.74) is 2.58. The quantitative estimate of drug-likeness (QED) is 0.176. The van der Waals surface area contributed by atoms with Gasteiger partial charge in [0.15, 0.2) is 0 Å². The van der Waals surface area contributed by atoms with E-state index >= 15 is 0 Å². The van der Waals surface area contributed by atoms with Crippen molar-refractivity contribution in [3.63, 3.8) is 0 Å². The highest BCUT2D eigenvalue weighted by Gasteiger charge is 2.15. The van der Waals surface area contributed by atoms with Crippen LogP contribution in [0.4, 0.5) is 0 Å². The van der Waals surface area contributed by atoms with Crippen molar-refractivity contribution in [2.75, 3.05) is 6.61 Å². The van der Waals surface area contributed by atoms with Crippen molar-refractivity contribution >= 4 is 28.0 Å². The highest BCUT2D eigenvalue weighted by atomic mass is 79.9. The van der Waals surface area contributed by atoms with Gasteiger partial charge in [-0.3, -0.25) is 0 Å². The standard InChI is InChI=1S/C25H20BrNO3/c1-2-14-29-23-11-7-6-10-20(23)15-21(17-27)25(28)30-24-13-12-19(16-22(24)26)18-8-4-3-5-9-18/h3-13,15-16H,2,14H2,1H3/b21-15+. The molecule has 0 saturated heterocycles. The van der Waals surface area contributed by atoms with Crippen molar-refractivity contribution < 1.29 is 14.3 Å². The highest BCUT2D eigenvalue weighted by Crippen LogP contribution is 2.31. The Labute approximate surface area is 184 Å². The Balaban J connectivity index is 1.81. The molecule has 3 aromatic carbocycles. The van der Waals surface area contributed by atoms with Crippen LogP contribution in [0.1, 0.15) is 18.9 Å². The summed E-state index contributed by atoms with van der Waals surface area (Å²) in [6.45, 7) is 2.56. The van der Waals surface area contributed by atoms with Crippen LogP contribution < -0.4 is 9.47 Å². The van der Waals surface area contributed by atoms with Crippen molar-refractivity contribution in [2.45, 2.75) is 13.3 Å². The number of benzene rings is 3. The van der Waals surface area contributed by atoms with Crippen LogP contribution in [0.3, 0.4) is 0 Å². The van der Waals surface area contributed by atoms with Crippen molar-refractivity contribution in [1.29, 1.82) is 5.26 Å². The lowest BCUT2D eigenvalue weighted by atomic mass is 10.1. The van der Waals surface area contributed by atoms with Gasteiger partial charge in [-0.05, 0) is 57.8 Å². The Bertz CT molecular complexity index is 1100. The molecule has 0 spiro atoms. The van der Waals surface area contributed by atoms with Gasteiger partial charge in [-0.2, -0.15) is 5.26 Å². The largest absolute Gasteiger partial charge is 0.493 e. The predicted molar refractivity (Wildman–Crippen MR) is 121 cm³/mol. The third kappa shape index (κ3) is 5.37. The lowest BCUT2D eigenvalue weighted by Gasteiger charge is -2.10. The molecule has 3 aromatic rings. The minimum Gasteiger partial charge on any atom is -0.493 e. The maximum Gasteiger partial charge on any atom is 0.354 e. The summed E-state index contributed by atoms with van der Waals surface area (Å²) in [5, 5.41) is 9.49. The summed E-state index contributed by atoms with van der Waals surface area (Å²) in [5.74, 6) is 0.237. The lowest BCUT2D eigenvalue weighted by molar-refractivity contribution is -0.129. The number of hydrogen-bond donors (Lipinski definition) is 0. The Morgan fingerprint density at radius 2 is 1.73 bits per heavy atom. The number of esters is 1. The molecule has 0 unspecified atom stereocenters. The van der Waals surface area contributed by atoms with Crippen LogP contribution in [-0.2, 0) is 4.79 Å². The monoisotopic (exact) mass is 461 g/mol. The van der Waals surface area contributed by atoms with E-state index < -0.39 is 5.97 Å². The summed E-state index contributed by atoms with van der Waals surface area (Å²) in [6, 6.07) is 24.5. The summed E-state index contributed by atoms with van der Waals surface area (Å²) in [6.07, 6.45) is 2.35. The first-order chi connectivity index (χ1) is 14.6. The number of ether oxygens (including phenoxy) is 2. The maximum absolute atomic E-state index is 12.6. The second kappa shape index (κ2) is 10.4. The van der Waals surface area contributed by atoms with Gasteiger partial charge < -0.3 is 9.47 Å². The van der Waals surface area contributed by atoms with Crippen molar-refractivity contribution in [1.82, 2.24) is 0 Å². The average Bonchev–Trinajstić information content (AvgIpc) is 2.78. The number of rotatable bonds is 7. The summed E-state index contributed by atoms with van der Waals surface area (Å²) in [7, 11) is 0. The zero-order chi connectivity index (χ0) is 21.3. The normalized spacial score (nSPS) is 10.9. The molecule has 0 radical (unpaired) electrons. The van der Waals surface area contributed by atoms with Crippen molar-refractivity contribution in [3.05, 3.63) is 88.4 Å². The molecular weight excluding hydrogens is 442 g/mol. The van der Waals surface area contributed by atoms with Crippen LogP contribution in [-0.4, -0.2) is 12.6 Å². The fourth-order valence-corrected chi connectivity index (χ4v) is 3.24. The van der Waals surface area contributed by atoms with Crippen molar-refractivity contribution in [3.8, 4) is 28.7 Å². The molecule has 0 amide bonds. The molecule has 150 valence electrons. The molecule has 4 nitrogen and oxygen atoms in total. The summed E-state index contributed by atoms with van der Waals surface area (Å²) < 4.78 is 11.8.